The van der Waals surface area contributed by atoms with Crippen molar-refractivity contribution in [3.63, 3.8) is 0 Å². The van der Waals surface area contributed by atoms with Crippen LogP contribution in [0.5, 0.6) is 0 Å². The number of hydrogen-bond acceptors (Lipinski definition) is 5. The van der Waals surface area contributed by atoms with Gasteiger partial charge in [-0.2, -0.15) is 0 Å². The molecule has 2 saturated heterocycles. The molecule has 2 heterocycles. The lowest BCUT2D eigenvalue weighted by Crippen LogP contribution is -2.43. The molecule has 28 heavy (non-hydrogen) atoms. The minimum Gasteiger partial charge on any atom is -0.381 e. The van der Waals surface area contributed by atoms with Crippen LogP contribution in [0.3, 0.4) is 0 Å². The zero-order valence-corrected chi connectivity index (χ0v) is 19.4. The molecule has 0 spiro atoms. The highest BCUT2D eigenvalue weighted by Gasteiger charge is 2.28. The van der Waals surface area contributed by atoms with Gasteiger partial charge >= 0.3 is 0 Å². The molecule has 1 aromatic carbocycles. The average molecular weight is 523 g/mol. The van der Waals surface area contributed by atoms with E-state index in [9.17, 15) is 8.42 Å². The standard InChI is InChI=1S/C19H29N3O4S.HI/c1-20-19(22-17-7-10-27(23,24)14-17)21-12-15-3-2-4-16(11-15)13-26-18-5-8-25-9-6-18;/h2-4,11,17-18H,5-10,12-14H2,1H3,(H2,20,21,22);1H. The predicted octanol–water partition coefficient (Wildman–Crippen LogP) is 1.85. The zero-order chi connectivity index (χ0) is 19.1. The van der Waals surface area contributed by atoms with E-state index in [1.165, 1.54) is 0 Å². The Balaban J connectivity index is 0.00000280. The summed E-state index contributed by atoms with van der Waals surface area (Å²) in [6.45, 7) is 2.78. The summed E-state index contributed by atoms with van der Waals surface area (Å²) in [6.07, 6.45) is 2.83. The third kappa shape index (κ3) is 7.49. The highest BCUT2D eigenvalue weighted by atomic mass is 127. The fourth-order valence-corrected chi connectivity index (χ4v) is 5.04. The van der Waals surface area contributed by atoms with Crippen molar-refractivity contribution in [2.45, 2.75) is 44.6 Å². The summed E-state index contributed by atoms with van der Waals surface area (Å²) in [5.74, 6) is 1.05. The fraction of sp³-hybridized carbons (Fsp3) is 0.632. The Hall–Kier alpha value is -0.910. The van der Waals surface area contributed by atoms with Crippen LogP contribution in [-0.4, -0.2) is 58.3 Å². The molecule has 2 N–H and O–H groups in total. The monoisotopic (exact) mass is 523 g/mol. The van der Waals surface area contributed by atoms with Crippen molar-refractivity contribution in [2.24, 2.45) is 4.99 Å². The molecule has 2 aliphatic rings. The second-order valence-corrected chi connectivity index (χ2v) is 9.34. The lowest BCUT2D eigenvalue weighted by atomic mass is 10.1. The molecule has 0 radical (unpaired) electrons. The van der Waals surface area contributed by atoms with Crippen molar-refractivity contribution in [3.8, 4) is 0 Å². The molecular weight excluding hydrogens is 493 g/mol. The van der Waals surface area contributed by atoms with Crippen LogP contribution in [0.25, 0.3) is 0 Å². The molecule has 0 saturated carbocycles. The first-order valence-electron chi connectivity index (χ1n) is 9.49. The van der Waals surface area contributed by atoms with Crippen molar-refractivity contribution < 1.29 is 17.9 Å². The number of ether oxygens (including phenoxy) is 2. The van der Waals surface area contributed by atoms with Crippen molar-refractivity contribution in [3.05, 3.63) is 35.4 Å². The maximum Gasteiger partial charge on any atom is 0.191 e. The van der Waals surface area contributed by atoms with Crippen molar-refractivity contribution >= 4 is 39.8 Å². The van der Waals surface area contributed by atoms with Gasteiger partial charge in [-0.05, 0) is 30.4 Å². The lowest BCUT2D eigenvalue weighted by Gasteiger charge is -2.22. The quantitative estimate of drug-likeness (QED) is 0.336. The van der Waals surface area contributed by atoms with Gasteiger partial charge in [0.1, 0.15) is 0 Å². The molecule has 0 aromatic heterocycles. The van der Waals surface area contributed by atoms with Gasteiger partial charge in [-0.15, -0.1) is 24.0 Å². The lowest BCUT2D eigenvalue weighted by molar-refractivity contribution is -0.0390. The number of nitrogens with one attached hydrogen (secondary N) is 2. The Morgan fingerprint density at radius 3 is 2.68 bits per heavy atom. The second kappa shape index (κ2) is 11.3. The number of benzene rings is 1. The van der Waals surface area contributed by atoms with Gasteiger partial charge in [0, 0.05) is 32.8 Å². The van der Waals surface area contributed by atoms with Crippen LogP contribution in [0.15, 0.2) is 29.3 Å². The molecule has 1 atom stereocenters. The second-order valence-electron chi connectivity index (χ2n) is 7.11. The third-order valence-electron chi connectivity index (χ3n) is 4.90. The van der Waals surface area contributed by atoms with E-state index < -0.39 is 9.84 Å². The van der Waals surface area contributed by atoms with E-state index in [1.54, 1.807) is 7.05 Å². The van der Waals surface area contributed by atoms with Gasteiger partial charge in [0.15, 0.2) is 15.8 Å². The van der Waals surface area contributed by atoms with Crippen LogP contribution in [0.4, 0.5) is 0 Å². The molecule has 158 valence electrons. The van der Waals surface area contributed by atoms with Gasteiger partial charge in [-0.3, -0.25) is 4.99 Å². The zero-order valence-electron chi connectivity index (χ0n) is 16.2. The van der Waals surface area contributed by atoms with Crippen molar-refractivity contribution in [1.29, 1.82) is 0 Å². The number of sulfone groups is 1. The van der Waals surface area contributed by atoms with E-state index in [4.69, 9.17) is 9.47 Å². The Bertz CT molecular complexity index is 751. The van der Waals surface area contributed by atoms with Crippen LogP contribution >= 0.6 is 24.0 Å². The molecule has 2 fully saturated rings. The molecule has 0 aliphatic carbocycles. The number of rotatable bonds is 6. The van der Waals surface area contributed by atoms with Gasteiger partial charge in [-0.25, -0.2) is 8.42 Å². The van der Waals surface area contributed by atoms with Crippen LogP contribution in [0, 0.1) is 0 Å². The Kier molecular flexibility index (Phi) is 9.45. The molecule has 0 amide bonds. The van der Waals surface area contributed by atoms with Crippen LogP contribution in [0.1, 0.15) is 30.4 Å². The van der Waals surface area contributed by atoms with Gasteiger partial charge in [0.25, 0.3) is 0 Å². The number of aliphatic imine (C=N–C) groups is 1. The maximum absolute atomic E-state index is 11.6. The molecule has 1 unspecified atom stereocenters. The van der Waals surface area contributed by atoms with E-state index in [0.717, 1.165) is 37.2 Å². The summed E-state index contributed by atoms with van der Waals surface area (Å²) in [5, 5.41) is 6.46. The maximum atomic E-state index is 11.6. The van der Waals surface area contributed by atoms with E-state index in [2.05, 4.69) is 33.8 Å². The average Bonchev–Trinajstić information content (AvgIpc) is 3.03. The van der Waals surface area contributed by atoms with E-state index in [0.29, 0.717) is 25.5 Å². The Morgan fingerprint density at radius 2 is 2.00 bits per heavy atom. The summed E-state index contributed by atoms with van der Waals surface area (Å²) < 4.78 is 34.5. The molecule has 0 bridgehead atoms. The Labute approximate surface area is 184 Å². The summed E-state index contributed by atoms with van der Waals surface area (Å²) in [5.41, 5.74) is 2.27. The normalized spacial score (nSPS) is 22.5. The number of halogens is 1. The van der Waals surface area contributed by atoms with Gasteiger partial charge in [-0.1, -0.05) is 24.3 Å². The molecule has 2 aliphatic heterocycles. The van der Waals surface area contributed by atoms with Crippen molar-refractivity contribution in [2.75, 3.05) is 31.8 Å². The van der Waals surface area contributed by atoms with Crippen LogP contribution in [0.2, 0.25) is 0 Å². The smallest absolute Gasteiger partial charge is 0.191 e. The molecule has 7 nitrogen and oxygen atoms in total. The first-order valence-corrected chi connectivity index (χ1v) is 11.3. The van der Waals surface area contributed by atoms with E-state index >= 15 is 0 Å². The van der Waals surface area contributed by atoms with Gasteiger partial charge < -0.3 is 20.1 Å². The molecule has 1 aromatic rings. The van der Waals surface area contributed by atoms with E-state index in [-0.39, 0.29) is 47.6 Å². The highest BCUT2D eigenvalue weighted by Crippen LogP contribution is 2.14. The van der Waals surface area contributed by atoms with Crippen molar-refractivity contribution in [1.82, 2.24) is 10.6 Å². The van der Waals surface area contributed by atoms with Crippen LogP contribution < -0.4 is 10.6 Å². The summed E-state index contributed by atoms with van der Waals surface area (Å²) in [4.78, 5) is 4.20. The third-order valence-corrected chi connectivity index (χ3v) is 6.67. The highest BCUT2D eigenvalue weighted by molar-refractivity contribution is 14.0. The number of guanidine groups is 1. The predicted molar refractivity (Wildman–Crippen MR) is 121 cm³/mol. The minimum atomic E-state index is -2.90. The van der Waals surface area contributed by atoms with E-state index in [1.807, 2.05) is 6.07 Å². The summed E-state index contributed by atoms with van der Waals surface area (Å²) >= 11 is 0. The number of hydrogen-bond donors (Lipinski definition) is 2. The fourth-order valence-electron chi connectivity index (χ4n) is 3.37. The molecular formula is C19H30IN3O4S. The SMILES string of the molecule is CN=C(NCc1cccc(COC2CCOCC2)c1)NC1CCS(=O)(=O)C1.I. The van der Waals surface area contributed by atoms with Crippen LogP contribution in [-0.2, 0) is 32.5 Å². The summed E-state index contributed by atoms with van der Waals surface area (Å²) in [6, 6.07) is 8.21. The summed E-state index contributed by atoms with van der Waals surface area (Å²) in [7, 11) is -1.21. The molecule has 3 rings (SSSR count). The topological polar surface area (TPSA) is 89.0 Å². The minimum absolute atomic E-state index is 0. The molecule has 9 heteroatoms. The number of nitrogens with zero attached hydrogens (tertiary/aromatic N) is 1. The Morgan fingerprint density at radius 1 is 1.25 bits per heavy atom. The van der Waals surface area contributed by atoms with Gasteiger partial charge in [0.2, 0.25) is 0 Å². The largest absolute Gasteiger partial charge is 0.381 e. The first kappa shape index (κ1) is 23.4. The first-order chi connectivity index (χ1) is 13.0. The van der Waals surface area contributed by atoms with Gasteiger partial charge in [0.05, 0.1) is 24.2 Å².